The van der Waals surface area contributed by atoms with Gasteiger partial charge in [0.25, 0.3) is 0 Å². The van der Waals surface area contributed by atoms with E-state index in [1.807, 2.05) is 36.4 Å². The summed E-state index contributed by atoms with van der Waals surface area (Å²) >= 11 is 0. The first-order chi connectivity index (χ1) is 12.0. The lowest BCUT2D eigenvalue weighted by molar-refractivity contribution is 0.202. The number of urea groups is 1. The summed E-state index contributed by atoms with van der Waals surface area (Å²) in [5.74, 6) is 0.716. The Bertz CT molecular complexity index is 826. The molecule has 0 saturated carbocycles. The first kappa shape index (κ1) is 17.3. The van der Waals surface area contributed by atoms with Gasteiger partial charge in [0.2, 0.25) is 0 Å². The maximum absolute atomic E-state index is 12.1. The van der Waals surface area contributed by atoms with Gasteiger partial charge in [-0.3, -0.25) is 0 Å². The SMILES string of the molecule is O=C(NCCc1nccc(-c2ccccc2)n1)N1CCS(=O)(=O)CC1. The lowest BCUT2D eigenvalue weighted by atomic mass is 10.1. The van der Waals surface area contributed by atoms with Crippen molar-refractivity contribution in [1.29, 1.82) is 0 Å². The molecule has 0 radical (unpaired) electrons. The molecule has 1 fully saturated rings. The second-order valence-electron chi connectivity index (χ2n) is 5.84. The monoisotopic (exact) mass is 360 g/mol. The van der Waals surface area contributed by atoms with Crippen LogP contribution in [0.15, 0.2) is 42.6 Å². The van der Waals surface area contributed by atoms with E-state index >= 15 is 0 Å². The van der Waals surface area contributed by atoms with E-state index < -0.39 is 9.84 Å². The van der Waals surface area contributed by atoms with Crippen molar-refractivity contribution < 1.29 is 13.2 Å². The van der Waals surface area contributed by atoms with Crippen molar-refractivity contribution >= 4 is 15.9 Å². The number of benzene rings is 1. The Morgan fingerprint density at radius 2 is 1.84 bits per heavy atom. The topological polar surface area (TPSA) is 92.3 Å². The average Bonchev–Trinajstić information content (AvgIpc) is 2.62. The summed E-state index contributed by atoms with van der Waals surface area (Å²) < 4.78 is 22.8. The van der Waals surface area contributed by atoms with E-state index in [-0.39, 0.29) is 30.6 Å². The number of carbonyl (C=O) groups excluding carboxylic acids is 1. The molecule has 7 nitrogen and oxygen atoms in total. The van der Waals surface area contributed by atoms with Crippen LogP contribution in [-0.2, 0) is 16.3 Å². The van der Waals surface area contributed by atoms with Gasteiger partial charge in [0.15, 0.2) is 9.84 Å². The number of nitrogens with zero attached hydrogens (tertiary/aromatic N) is 3. The zero-order valence-electron chi connectivity index (χ0n) is 13.8. The highest BCUT2D eigenvalue weighted by atomic mass is 32.2. The van der Waals surface area contributed by atoms with Crippen molar-refractivity contribution in [3.05, 3.63) is 48.4 Å². The maximum atomic E-state index is 12.1. The van der Waals surface area contributed by atoms with E-state index in [4.69, 9.17) is 0 Å². The van der Waals surface area contributed by atoms with Crippen molar-refractivity contribution in [2.24, 2.45) is 0 Å². The second kappa shape index (κ2) is 7.60. The summed E-state index contributed by atoms with van der Waals surface area (Å²) in [5.41, 5.74) is 1.86. The first-order valence-corrected chi connectivity index (χ1v) is 9.96. The molecule has 0 bridgehead atoms. The van der Waals surface area contributed by atoms with Gasteiger partial charge >= 0.3 is 6.03 Å². The van der Waals surface area contributed by atoms with Crippen molar-refractivity contribution in [2.75, 3.05) is 31.1 Å². The Kier molecular flexibility index (Phi) is 5.28. The molecule has 1 saturated heterocycles. The normalized spacial score (nSPS) is 16.4. The molecular formula is C17H20N4O3S. The van der Waals surface area contributed by atoms with E-state index in [1.165, 1.54) is 4.90 Å². The zero-order chi connectivity index (χ0) is 17.7. The van der Waals surface area contributed by atoms with Crippen LogP contribution in [0, 0.1) is 0 Å². The van der Waals surface area contributed by atoms with Crippen molar-refractivity contribution in [3.8, 4) is 11.3 Å². The predicted octanol–water partition coefficient (Wildman–Crippen LogP) is 1.13. The van der Waals surface area contributed by atoms with Crippen molar-refractivity contribution in [2.45, 2.75) is 6.42 Å². The summed E-state index contributed by atoms with van der Waals surface area (Å²) in [4.78, 5) is 22.4. The lowest BCUT2D eigenvalue weighted by Crippen LogP contribution is -2.48. The van der Waals surface area contributed by atoms with Crippen LogP contribution in [0.25, 0.3) is 11.3 Å². The van der Waals surface area contributed by atoms with E-state index in [9.17, 15) is 13.2 Å². The van der Waals surface area contributed by atoms with Crippen LogP contribution in [0.5, 0.6) is 0 Å². The van der Waals surface area contributed by atoms with Crippen LogP contribution < -0.4 is 5.32 Å². The summed E-state index contributed by atoms with van der Waals surface area (Å²) in [6.07, 6.45) is 2.22. The Balaban J connectivity index is 1.52. The lowest BCUT2D eigenvalue weighted by Gasteiger charge is -2.26. The van der Waals surface area contributed by atoms with E-state index in [0.717, 1.165) is 11.3 Å². The number of hydrogen-bond donors (Lipinski definition) is 1. The molecule has 132 valence electrons. The van der Waals surface area contributed by atoms with Crippen LogP contribution in [-0.4, -0.2) is 60.5 Å². The van der Waals surface area contributed by atoms with Gasteiger partial charge in [0.05, 0.1) is 17.2 Å². The first-order valence-electron chi connectivity index (χ1n) is 8.14. The summed E-state index contributed by atoms with van der Waals surface area (Å²) in [7, 11) is -2.99. The van der Waals surface area contributed by atoms with E-state index in [1.54, 1.807) is 6.20 Å². The smallest absolute Gasteiger partial charge is 0.317 e. The van der Waals surface area contributed by atoms with Crippen LogP contribution in [0.4, 0.5) is 4.79 Å². The van der Waals surface area contributed by atoms with E-state index in [2.05, 4.69) is 15.3 Å². The number of amides is 2. The highest BCUT2D eigenvalue weighted by Gasteiger charge is 2.24. The third kappa shape index (κ3) is 4.76. The molecule has 0 atom stereocenters. The maximum Gasteiger partial charge on any atom is 0.317 e. The van der Waals surface area contributed by atoms with Gasteiger partial charge in [-0.05, 0) is 6.07 Å². The number of nitrogens with one attached hydrogen (secondary N) is 1. The molecule has 3 rings (SSSR count). The molecule has 25 heavy (non-hydrogen) atoms. The Hall–Kier alpha value is -2.48. The fourth-order valence-electron chi connectivity index (χ4n) is 2.60. The highest BCUT2D eigenvalue weighted by Crippen LogP contribution is 2.15. The number of rotatable bonds is 4. The Morgan fingerprint density at radius 1 is 1.12 bits per heavy atom. The zero-order valence-corrected chi connectivity index (χ0v) is 14.6. The number of aromatic nitrogens is 2. The minimum atomic E-state index is -2.99. The Labute approximate surface area is 147 Å². The molecule has 0 aliphatic carbocycles. The van der Waals surface area contributed by atoms with Crippen molar-refractivity contribution in [3.63, 3.8) is 0 Å². The summed E-state index contributed by atoms with van der Waals surface area (Å²) in [6.45, 7) is 0.892. The van der Waals surface area contributed by atoms with Crippen LogP contribution in [0.2, 0.25) is 0 Å². The number of hydrogen-bond acceptors (Lipinski definition) is 5. The minimum Gasteiger partial charge on any atom is -0.338 e. The van der Waals surface area contributed by atoms with Gasteiger partial charge in [-0.15, -0.1) is 0 Å². The predicted molar refractivity (Wildman–Crippen MR) is 94.8 cm³/mol. The molecular weight excluding hydrogens is 340 g/mol. The highest BCUT2D eigenvalue weighted by molar-refractivity contribution is 7.91. The van der Waals surface area contributed by atoms with Gasteiger partial charge in [-0.25, -0.2) is 23.2 Å². The molecule has 0 unspecified atom stereocenters. The standard InChI is InChI=1S/C17H20N4O3S/c22-17(21-10-12-25(23,24)13-11-21)19-9-7-16-18-8-6-15(20-16)14-4-2-1-3-5-14/h1-6,8H,7,9-13H2,(H,19,22). The van der Waals surface area contributed by atoms with Gasteiger partial charge in [0, 0.05) is 37.8 Å². The molecule has 1 N–H and O–H groups in total. The molecule has 1 aliphatic rings. The minimum absolute atomic E-state index is 0.0304. The third-order valence-electron chi connectivity index (χ3n) is 4.03. The summed E-state index contributed by atoms with van der Waals surface area (Å²) in [5, 5.41) is 2.80. The average molecular weight is 360 g/mol. The quantitative estimate of drug-likeness (QED) is 0.882. The summed E-state index contributed by atoms with van der Waals surface area (Å²) in [6, 6.07) is 11.4. The molecule has 0 spiro atoms. The molecule has 1 aromatic carbocycles. The van der Waals surface area contributed by atoms with Gasteiger partial charge in [-0.2, -0.15) is 0 Å². The third-order valence-corrected chi connectivity index (χ3v) is 5.64. The molecule has 8 heteroatoms. The van der Waals surface area contributed by atoms with Crippen LogP contribution >= 0.6 is 0 Å². The second-order valence-corrected chi connectivity index (χ2v) is 8.15. The molecule has 1 aromatic heterocycles. The molecule has 2 heterocycles. The largest absolute Gasteiger partial charge is 0.338 e. The van der Waals surface area contributed by atoms with Gasteiger partial charge in [-0.1, -0.05) is 30.3 Å². The van der Waals surface area contributed by atoms with E-state index in [0.29, 0.717) is 18.8 Å². The number of carbonyl (C=O) groups is 1. The van der Waals surface area contributed by atoms with Crippen molar-refractivity contribution in [1.82, 2.24) is 20.2 Å². The van der Waals surface area contributed by atoms with Gasteiger partial charge in [0.1, 0.15) is 5.82 Å². The fourth-order valence-corrected chi connectivity index (χ4v) is 3.80. The van der Waals surface area contributed by atoms with Crippen LogP contribution in [0.1, 0.15) is 5.82 Å². The molecule has 1 aliphatic heterocycles. The van der Waals surface area contributed by atoms with Gasteiger partial charge < -0.3 is 10.2 Å². The Morgan fingerprint density at radius 3 is 2.56 bits per heavy atom. The fraction of sp³-hybridized carbons (Fsp3) is 0.353. The van der Waals surface area contributed by atoms with Crippen LogP contribution in [0.3, 0.4) is 0 Å². The molecule has 2 amide bonds. The molecule has 2 aromatic rings. The number of sulfone groups is 1.